The Hall–Kier alpha value is -2.25. The van der Waals surface area contributed by atoms with Crippen LogP contribution in [0.1, 0.15) is 23.9 Å². The molecule has 7 nitrogen and oxygen atoms in total. The average Bonchev–Trinajstić information content (AvgIpc) is 2.36. The van der Waals surface area contributed by atoms with E-state index in [1.54, 1.807) is 19.1 Å². The molecule has 0 aliphatic rings. The van der Waals surface area contributed by atoms with Crippen molar-refractivity contribution in [3.05, 3.63) is 39.9 Å². The second kappa shape index (κ2) is 5.40. The van der Waals surface area contributed by atoms with Crippen molar-refractivity contribution in [3.8, 4) is 0 Å². The van der Waals surface area contributed by atoms with Crippen LogP contribution >= 0.6 is 0 Å². The third-order valence-electron chi connectivity index (χ3n) is 2.96. The Balaban J connectivity index is 2.41. The number of carbonyl (C=O) groups is 1. The van der Waals surface area contributed by atoms with Crippen molar-refractivity contribution in [2.75, 3.05) is 0 Å². The lowest BCUT2D eigenvalue weighted by atomic mass is 10.0. The summed E-state index contributed by atoms with van der Waals surface area (Å²) in [5, 5.41) is 19.9. The number of benzene rings is 1. The fraction of sp³-hybridized carbons (Fsp3) is 0.308. The standard InChI is InChI=1S/C13H15N3O4/c1-6-15-9-3-2-7(4-8(9)13(20)16-6)12(19)10(17)5-11(14)18/h2-4,10,12,17,19H,5H2,1H3,(H2,14,18)(H,15,16,20). The minimum atomic E-state index is -1.32. The number of aliphatic hydroxyl groups excluding tert-OH is 2. The molecule has 7 heteroatoms. The summed E-state index contributed by atoms with van der Waals surface area (Å²) in [6.45, 7) is 1.67. The van der Waals surface area contributed by atoms with Crippen molar-refractivity contribution < 1.29 is 15.0 Å². The third kappa shape index (κ3) is 2.84. The van der Waals surface area contributed by atoms with Gasteiger partial charge >= 0.3 is 0 Å². The van der Waals surface area contributed by atoms with Crippen LogP contribution in [0.15, 0.2) is 23.0 Å². The first-order valence-corrected chi connectivity index (χ1v) is 6.03. The van der Waals surface area contributed by atoms with Gasteiger partial charge in [0.15, 0.2) is 0 Å². The van der Waals surface area contributed by atoms with Crippen LogP contribution in [0, 0.1) is 6.92 Å². The summed E-state index contributed by atoms with van der Waals surface area (Å²) < 4.78 is 0. The topological polar surface area (TPSA) is 129 Å². The van der Waals surface area contributed by atoms with Crippen LogP contribution in [-0.4, -0.2) is 32.2 Å². The number of aryl methyl sites for hydroxylation is 1. The van der Waals surface area contributed by atoms with Gasteiger partial charge in [-0.1, -0.05) is 6.07 Å². The molecule has 0 saturated heterocycles. The Morgan fingerprint density at radius 2 is 2.15 bits per heavy atom. The fourth-order valence-electron chi connectivity index (χ4n) is 2.00. The van der Waals surface area contributed by atoms with Crippen molar-refractivity contribution in [2.24, 2.45) is 5.73 Å². The first-order chi connectivity index (χ1) is 9.38. The number of aromatic amines is 1. The van der Waals surface area contributed by atoms with Crippen molar-refractivity contribution >= 4 is 16.8 Å². The van der Waals surface area contributed by atoms with Gasteiger partial charge in [0.2, 0.25) is 5.91 Å². The van der Waals surface area contributed by atoms with Crippen LogP contribution in [0.5, 0.6) is 0 Å². The van der Waals surface area contributed by atoms with Crippen molar-refractivity contribution in [2.45, 2.75) is 25.6 Å². The van der Waals surface area contributed by atoms with Crippen LogP contribution in [0.4, 0.5) is 0 Å². The Labute approximate surface area is 114 Å². The summed E-state index contributed by atoms with van der Waals surface area (Å²) in [7, 11) is 0. The maximum absolute atomic E-state index is 11.8. The lowest BCUT2D eigenvalue weighted by molar-refractivity contribution is -0.121. The lowest BCUT2D eigenvalue weighted by Gasteiger charge is -2.17. The summed E-state index contributed by atoms with van der Waals surface area (Å²) in [5.74, 6) is -0.225. The quantitative estimate of drug-likeness (QED) is 0.598. The summed E-state index contributed by atoms with van der Waals surface area (Å²) in [6.07, 6.45) is -2.98. The highest BCUT2D eigenvalue weighted by Crippen LogP contribution is 2.21. The molecule has 0 bridgehead atoms. The Morgan fingerprint density at radius 3 is 2.80 bits per heavy atom. The number of primary amides is 1. The molecule has 2 atom stereocenters. The van der Waals surface area contributed by atoms with Gasteiger partial charge in [0.1, 0.15) is 11.9 Å². The number of nitrogens with one attached hydrogen (secondary N) is 1. The van der Waals surface area contributed by atoms with E-state index in [2.05, 4.69) is 9.97 Å². The van der Waals surface area contributed by atoms with E-state index in [4.69, 9.17) is 5.73 Å². The monoisotopic (exact) mass is 277 g/mol. The molecular weight excluding hydrogens is 262 g/mol. The van der Waals surface area contributed by atoms with Crippen LogP contribution in [0.2, 0.25) is 0 Å². The third-order valence-corrected chi connectivity index (χ3v) is 2.96. The molecule has 5 N–H and O–H groups in total. The molecule has 1 aromatic carbocycles. The highest BCUT2D eigenvalue weighted by Gasteiger charge is 2.21. The van der Waals surface area contributed by atoms with E-state index in [1.165, 1.54) is 6.07 Å². The van der Waals surface area contributed by atoms with Gasteiger partial charge in [-0.3, -0.25) is 9.59 Å². The van der Waals surface area contributed by atoms with Gasteiger partial charge < -0.3 is 20.9 Å². The molecule has 0 aliphatic heterocycles. The minimum Gasteiger partial charge on any atom is -0.390 e. The maximum atomic E-state index is 11.8. The van der Waals surface area contributed by atoms with E-state index in [1.807, 2.05) is 0 Å². The molecule has 2 unspecified atom stereocenters. The van der Waals surface area contributed by atoms with E-state index in [0.29, 0.717) is 22.3 Å². The molecular formula is C13H15N3O4. The second-order valence-electron chi connectivity index (χ2n) is 4.61. The second-order valence-corrected chi connectivity index (χ2v) is 4.61. The smallest absolute Gasteiger partial charge is 0.258 e. The first-order valence-electron chi connectivity index (χ1n) is 6.03. The summed E-state index contributed by atoms with van der Waals surface area (Å²) in [6, 6.07) is 4.56. The number of nitrogens with zero attached hydrogens (tertiary/aromatic N) is 1. The van der Waals surface area contributed by atoms with Crippen molar-refractivity contribution in [1.82, 2.24) is 9.97 Å². The van der Waals surface area contributed by atoms with Gasteiger partial charge in [-0.25, -0.2) is 4.98 Å². The number of aliphatic hydroxyl groups is 2. The normalized spacial score (nSPS) is 14.2. The highest BCUT2D eigenvalue weighted by molar-refractivity contribution is 5.78. The molecule has 0 aliphatic carbocycles. The number of rotatable bonds is 4. The molecule has 0 fully saturated rings. The number of nitrogens with two attached hydrogens (primary N) is 1. The molecule has 1 heterocycles. The molecule has 0 saturated carbocycles. The Morgan fingerprint density at radius 1 is 1.45 bits per heavy atom. The lowest BCUT2D eigenvalue weighted by Crippen LogP contribution is -2.25. The Bertz CT molecular complexity index is 710. The largest absolute Gasteiger partial charge is 0.390 e. The van der Waals surface area contributed by atoms with Gasteiger partial charge in [-0.15, -0.1) is 0 Å². The van der Waals surface area contributed by atoms with E-state index in [0.717, 1.165) is 0 Å². The molecule has 0 spiro atoms. The van der Waals surface area contributed by atoms with E-state index in [-0.39, 0.29) is 12.0 Å². The van der Waals surface area contributed by atoms with Crippen LogP contribution < -0.4 is 11.3 Å². The molecule has 1 aromatic heterocycles. The number of carbonyl (C=O) groups excluding carboxylic acids is 1. The zero-order chi connectivity index (χ0) is 14.9. The van der Waals surface area contributed by atoms with E-state index in [9.17, 15) is 19.8 Å². The molecule has 2 rings (SSSR count). The van der Waals surface area contributed by atoms with Gasteiger partial charge in [0, 0.05) is 0 Å². The van der Waals surface area contributed by atoms with E-state index < -0.39 is 18.1 Å². The summed E-state index contributed by atoms with van der Waals surface area (Å²) in [5.41, 5.74) is 5.45. The molecule has 2 aromatic rings. The minimum absolute atomic E-state index is 0.304. The first kappa shape index (κ1) is 14.2. The van der Waals surface area contributed by atoms with E-state index >= 15 is 0 Å². The van der Waals surface area contributed by atoms with Crippen molar-refractivity contribution in [3.63, 3.8) is 0 Å². The SMILES string of the molecule is Cc1nc2ccc(C(O)C(O)CC(N)=O)cc2c(=O)[nH]1. The van der Waals surface area contributed by atoms with Gasteiger partial charge in [0.25, 0.3) is 5.56 Å². The highest BCUT2D eigenvalue weighted by atomic mass is 16.3. The van der Waals surface area contributed by atoms with Gasteiger partial charge in [0.05, 0.1) is 23.4 Å². The van der Waals surface area contributed by atoms with Crippen molar-refractivity contribution in [1.29, 1.82) is 0 Å². The number of hydrogen-bond acceptors (Lipinski definition) is 5. The van der Waals surface area contributed by atoms with Crippen LogP contribution in [-0.2, 0) is 4.79 Å². The van der Waals surface area contributed by atoms with Crippen LogP contribution in [0.25, 0.3) is 10.9 Å². The number of hydrogen-bond donors (Lipinski definition) is 4. The number of H-pyrrole nitrogens is 1. The zero-order valence-electron chi connectivity index (χ0n) is 10.8. The Kier molecular flexibility index (Phi) is 3.82. The molecule has 1 amide bonds. The molecule has 20 heavy (non-hydrogen) atoms. The maximum Gasteiger partial charge on any atom is 0.258 e. The number of amides is 1. The van der Waals surface area contributed by atoms with Gasteiger partial charge in [-0.2, -0.15) is 0 Å². The number of aromatic nitrogens is 2. The summed E-state index contributed by atoms with van der Waals surface area (Å²) in [4.78, 5) is 29.3. The predicted molar refractivity (Wildman–Crippen MR) is 71.9 cm³/mol. The fourth-order valence-corrected chi connectivity index (χ4v) is 2.00. The average molecular weight is 277 g/mol. The number of fused-ring (bicyclic) bond motifs is 1. The van der Waals surface area contributed by atoms with Crippen LogP contribution in [0.3, 0.4) is 0 Å². The zero-order valence-corrected chi connectivity index (χ0v) is 10.8. The van der Waals surface area contributed by atoms with Gasteiger partial charge in [-0.05, 0) is 24.6 Å². The molecule has 106 valence electrons. The molecule has 0 radical (unpaired) electrons. The summed E-state index contributed by atoms with van der Waals surface area (Å²) >= 11 is 0. The predicted octanol–water partition coefficient (Wildman–Crippen LogP) is -0.499.